The van der Waals surface area contributed by atoms with Gasteiger partial charge >= 0.3 is 0 Å². The molecule has 0 bridgehead atoms. The zero-order valence-corrected chi connectivity index (χ0v) is 68.7. The molecular formula is C80H101N25O16. The van der Waals surface area contributed by atoms with Crippen LogP contribution in [0, 0.1) is 0 Å². The summed E-state index contributed by atoms with van der Waals surface area (Å²) in [5.74, 6) is -6.74. The SMILES string of the molecule is CN(C)CCCNC(=O)c1cc(NC(=O)c2cc(NC(=O)c3cc(NC(=O)c4cc(NC(=O)CCCNC(=O)c5cc(NC(=O)c6cc(NC(=O)c7ccc(NC(=O)c8nc(NC(=O)CCNC(=O)CCNC(=O)CCNC(=O)c9ccc(NC(=O)CCCCCCC(=O)NO)cc9)cn8C)n7C)cn6C)cn5C)cn4C)cn3C)cn2C)cn1C. The Morgan fingerprint density at radius 3 is 1.09 bits per heavy atom. The molecule has 0 atom stereocenters. The third kappa shape index (κ3) is 26.2. The first-order chi connectivity index (χ1) is 57.7. The van der Waals surface area contributed by atoms with E-state index in [-0.39, 0.29) is 152 Å². The standard InChI is InChI=1S/C80H101N25O16/c1-97(2)34-16-30-84-74(114)58-37-52(43-99(58)4)90-78(118)61-40-55(46-102(61)7)92-79(119)62-39-54(45-103(62)8)91-76(116)59-35-50(41-100(59)5)87-68(109)19-15-29-83-73(113)57-36-51(42-98(57)3)89-77(117)60-38-53(44-101(60)6)88-75(115)56-24-25-64(105(56)10)95-80(120)71-94-63(47-104(71)9)93-69(110)28-32-82-65(106)26-31-81-66(107)27-33-85-72(112)48-20-22-49(23-21-48)86-67(108)17-13-11-12-14-18-70(111)96-121/h20-25,35-47,121H,11-19,26-34H2,1-10H3,(H,81,107)(H,82,106)(H,83,113)(H,84,114)(H,85,112)(H,86,108)(H,87,109)(H,88,115)(H,89,117)(H,90,118)(H,91,116)(H,92,119)(H,93,110)(H,95,120)(H,96,111). The maximum Gasteiger partial charge on any atom is 0.292 e. The molecule has 642 valence electrons. The van der Waals surface area contributed by atoms with Gasteiger partial charge in [-0.25, -0.2) is 10.5 Å². The Kier molecular flexibility index (Phi) is 31.7. The van der Waals surface area contributed by atoms with Crippen molar-refractivity contribution in [1.82, 2.24) is 78.5 Å². The number of carbonyl (C=O) groups excluding carboxylic acids is 15. The van der Waals surface area contributed by atoms with Crippen molar-refractivity contribution < 1.29 is 77.1 Å². The maximum absolute atomic E-state index is 13.6. The van der Waals surface area contributed by atoms with E-state index >= 15 is 0 Å². The number of unbranched alkanes of at least 4 members (excludes halogenated alkanes) is 3. The molecule has 8 heterocycles. The van der Waals surface area contributed by atoms with E-state index in [1.165, 1.54) is 101 Å². The van der Waals surface area contributed by atoms with Crippen molar-refractivity contribution in [3.63, 3.8) is 0 Å². The lowest BCUT2D eigenvalue weighted by molar-refractivity contribution is -0.129. The van der Waals surface area contributed by atoms with E-state index in [1.807, 2.05) is 19.0 Å². The minimum Gasteiger partial charge on any atom is -0.356 e. The highest BCUT2D eigenvalue weighted by Crippen LogP contribution is 2.25. The van der Waals surface area contributed by atoms with Crippen molar-refractivity contribution in [2.75, 3.05) is 101 Å². The number of imidazole rings is 1. The molecule has 9 aromatic rings. The summed E-state index contributed by atoms with van der Waals surface area (Å²) in [7, 11) is 16.8. The van der Waals surface area contributed by atoms with E-state index in [0.29, 0.717) is 59.1 Å². The number of nitrogens with zero attached hydrogens (tertiary/aromatic N) is 10. The lowest BCUT2D eigenvalue weighted by Crippen LogP contribution is -2.34. The first-order valence-electron chi connectivity index (χ1n) is 38.7. The quantitative estimate of drug-likeness (QED) is 0.0140. The minimum absolute atomic E-state index is 0.00263. The highest BCUT2D eigenvalue weighted by Gasteiger charge is 2.25. The molecule has 0 saturated heterocycles. The van der Waals surface area contributed by atoms with Gasteiger partial charge in [0.15, 0.2) is 5.82 Å². The molecule has 0 radical (unpaired) electrons. The van der Waals surface area contributed by atoms with E-state index in [4.69, 9.17) is 5.21 Å². The number of hydrogen-bond donors (Lipinski definition) is 16. The third-order valence-electron chi connectivity index (χ3n) is 19.0. The summed E-state index contributed by atoms with van der Waals surface area (Å²) >= 11 is 0. The number of aromatic nitrogens is 9. The molecule has 9 rings (SSSR count). The molecule has 41 nitrogen and oxygen atoms in total. The van der Waals surface area contributed by atoms with Crippen molar-refractivity contribution in [3.8, 4) is 0 Å². The lowest BCUT2D eigenvalue weighted by atomic mass is 10.1. The molecule has 0 fully saturated rings. The van der Waals surface area contributed by atoms with Crippen molar-refractivity contribution in [2.24, 2.45) is 56.4 Å². The van der Waals surface area contributed by atoms with E-state index in [1.54, 1.807) is 113 Å². The fourth-order valence-corrected chi connectivity index (χ4v) is 12.7. The summed E-state index contributed by atoms with van der Waals surface area (Å²) in [6.45, 7) is 1.39. The third-order valence-corrected chi connectivity index (χ3v) is 19.0. The van der Waals surface area contributed by atoms with Crippen LogP contribution in [0.15, 0.2) is 116 Å². The summed E-state index contributed by atoms with van der Waals surface area (Å²) in [6.07, 6.45) is 14.7. The van der Waals surface area contributed by atoms with Crippen molar-refractivity contribution in [2.45, 2.75) is 77.0 Å². The monoisotopic (exact) mass is 1670 g/mol. The topological polar surface area (TPSA) is 512 Å². The Bertz CT molecular complexity index is 5350. The number of rotatable bonds is 42. The number of hydrogen-bond acceptors (Lipinski definition) is 18. The van der Waals surface area contributed by atoms with Gasteiger partial charge in [-0.15, -0.1) is 0 Å². The zero-order valence-electron chi connectivity index (χ0n) is 68.7. The predicted molar refractivity (Wildman–Crippen MR) is 448 cm³/mol. The Hall–Kier alpha value is -14.6. The smallest absolute Gasteiger partial charge is 0.292 e. The molecule has 16 N–H and O–H groups in total. The van der Waals surface area contributed by atoms with Gasteiger partial charge < -0.3 is 116 Å². The number of aryl methyl sites for hydroxylation is 7. The van der Waals surface area contributed by atoms with Crippen molar-refractivity contribution in [3.05, 3.63) is 167 Å². The summed E-state index contributed by atoms with van der Waals surface area (Å²) in [5, 5.41) is 46.8. The number of benzene rings is 1. The Labute approximate surface area is 694 Å². The van der Waals surface area contributed by atoms with Crippen LogP contribution >= 0.6 is 0 Å². The van der Waals surface area contributed by atoms with Crippen LogP contribution in [0.4, 0.5) is 51.4 Å². The highest BCUT2D eigenvalue weighted by molar-refractivity contribution is 6.11. The van der Waals surface area contributed by atoms with Gasteiger partial charge in [0.25, 0.3) is 53.2 Å². The highest BCUT2D eigenvalue weighted by atomic mass is 16.5. The molecule has 41 heteroatoms. The van der Waals surface area contributed by atoms with Crippen LogP contribution in [-0.2, 0) is 85.1 Å². The van der Waals surface area contributed by atoms with Gasteiger partial charge in [-0.3, -0.25) is 77.1 Å². The molecule has 0 spiro atoms. The van der Waals surface area contributed by atoms with Gasteiger partial charge in [-0.2, -0.15) is 0 Å². The molecule has 1 aromatic carbocycles. The van der Waals surface area contributed by atoms with Gasteiger partial charge in [0.05, 0.1) is 34.1 Å². The number of hydroxylamine groups is 1. The summed E-state index contributed by atoms with van der Waals surface area (Å²) < 4.78 is 12.0. The van der Waals surface area contributed by atoms with Gasteiger partial charge in [0.1, 0.15) is 45.7 Å². The average Bonchev–Trinajstić information content (AvgIpc) is 1.67. The number of anilines is 9. The van der Waals surface area contributed by atoms with Gasteiger partial charge in [0, 0.05) is 182 Å². The fraction of sp³-hybridized carbons (Fsp3) is 0.350. The second-order valence-corrected chi connectivity index (χ2v) is 28.9. The Morgan fingerprint density at radius 2 is 0.661 bits per heavy atom. The normalized spacial score (nSPS) is 10.9. The summed E-state index contributed by atoms with van der Waals surface area (Å²) in [6, 6.07) is 18.2. The molecule has 15 amide bonds. The molecule has 0 aliphatic carbocycles. The minimum atomic E-state index is -0.675. The molecule has 0 saturated carbocycles. The molecule has 0 aliphatic heterocycles. The fourth-order valence-electron chi connectivity index (χ4n) is 12.7. The van der Waals surface area contributed by atoms with Crippen LogP contribution in [0.5, 0.6) is 0 Å². The Balaban J connectivity index is 0.631. The van der Waals surface area contributed by atoms with E-state index < -0.39 is 70.9 Å². The number of nitrogens with one attached hydrogen (secondary N) is 15. The van der Waals surface area contributed by atoms with Crippen LogP contribution < -0.4 is 79.9 Å². The molecule has 121 heavy (non-hydrogen) atoms. The number of amides is 15. The van der Waals surface area contributed by atoms with Crippen LogP contribution in [0.1, 0.15) is 171 Å². The van der Waals surface area contributed by atoms with Crippen LogP contribution in [0.2, 0.25) is 0 Å². The van der Waals surface area contributed by atoms with Crippen LogP contribution in [-0.4, -0.2) is 194 Å². The number of carbonyl (C=O) groups is 15. The van der Waals surface area contributed by atoms with E-state index in [2.05, 4.69) is 79.4 Å². The van der Waals surface area contributed by atoms with E-state index in [9.17, 15) is 71.9 Å². The summed E-state index contributed by atoms with van der Waals surface area (Å²) in [5.41, 5.74) is 5.81. The first-order valence-corrected chi connectivity index (χ1v) is 38.7. The van der Waals surface area contributed by atoms with Gasteiger partial charge in [-0.1, -0.05) is 12.8 Å². The van der Waals surface area contributed by atoms with Gasteiger partial charge in [-0.05, 0) is 119 Å². The first kappa shape index (κ1) is 90.3. The maximum atomic E-state index is 13.6. The zero-order chi connectivity index (χ0) is 87.7. The largest absolute Gasteiger partial charge is 0.356 e. The Morgan fingerprint density at radius 1 is 0.306 bits per heavy atom. The van der Waals surface area contributed by atoms with Crippen LogP contribution in [0.3, 0.4) is 0 Å². The van der Waals surface area contributed by atoms with Crippen molar-refractivity contribution >= 4 is 140 Å². The average molecular weight is 1670 g/mol. The van der Waals surface area contributed by atoms with Gasteiger partial charge in [0.2, 0.25) is 41.3 Å². The second-order valence-electron chi connectivity index (χ2n) is 28.9. The second kappa shape index (κ2) is 42.5. The predicted octanol–water partition coefficient (Wildman–Crippen LogP) is 4.69. The molecule has 8 aromatic heterocycles. The summed E-state index contributed by atoms with van der Waals surface area (Å²) in [4.78, 5) is 200. The molecule has 0 aliphatic rings. The van der Waals surface area contributed by atoms with E-state index in [0.717, 1.165) is 25.8 Å². The lowest BCUT2D eigenvalue weighted by Gasteiger charge is -2.10. The molecule has 0 unspecified atom stereocenters. The molecular weight excluding hydrogens is 1570 g/mol. The van der Waals surface area contributed by atoms with Crippen molar-refractivity contribution in [1.29, 1.82) is 0 Å². The van der Waals surface area contributed by atoms with Crippen LogP contribution in [0.25, 0.3) is 0 Å².